The SMILES string of the molecule is Cc1ccsc1[C@@H]1C[C@H]1C(=O)N[C@@H](C)C(=O)NCc1ccccc1. The van der Waals surface area contributed by atoms with Gasteiger partial charge in [-0.25, -0.2) is 0 Å². The molecule has 126 valence electrons. The Labute approximate surface area is 146 Å². The molecule has 0 bridgehead atoms. The van der Waals surface area contributed by atoms with Crippen molar-refractivity contribution in [3.05, 3.63) is 57.8 Å². The minimum Gasteiger partial charge on any atom is -0.350 e. The molecule has 1 heterocycles. The highest BCUT2D eigenvalue weighted by Gasteiger charge is 2.45. The molecule has 1 saturated carbocycles. The summed E-state index contributed by atoms with van der Waals surface area (Å²) in [6.07, 6.45) is 0.880. The molecule has 0 aliphatic heterocycles. The number of hydrogen-bond donors (Lipinski definition) is 2. The first-order valence-corrected chi connectivity index (χ1v) is 9.10. The quantitative estimate of drug-likeness (QED) is 0.848. The highest BCUT2D eigenvalue weighted by atomic mass is 32.1. The Bertz CT molecular complexity index is 726. The molecule has 4 nitrogen and oxygen atoms in total. The van der Waals surface area contributed by atoms with Gasteiger partial charge in [-0.05, 0) is 42.8 Å². The maximum atomic E-state index is 12.3. The van der Waals surface area contributed by atoms with E-state index < -0.39 is 6.04 Å². The van der Waals surface area contributed by atoms with Crippen molar-refractivity contribution in [3.8, 4) is 0 Å². The molecule has 1 aliphatic rings. The summed E-state index contributed by atoms with van der Waals surface area (Å²) in [6, 6.07) is 11.3. The van der Waals surface area contributed by atoms with Crippen LogP contribution >= 0.6 is 11.3 Å². The normalized spacial score (nSPS) is 20.2. The molecule has 3 rings (SSSR count). The highest BCUT2D eigenvalue weighted by molar-refractivity contribution is 7.10. The number of aryl methyl sites for hydroxylation is 1. The fourth-order valence-electron chi connectivity index (χ4n) is 2.86. The lowest BCUT2D eigenvalue weighted by molar-refractivity contribution is -0.129. The zero-order valence-electron chi connectivity index (χ0n) is 13.9. The maximum absolute atomic E-state index is 12.3. The van der Waals surface area contributed by atoms with Gasteiger partial charge in [-0.2, -0.15) is 0 Å². The second kappa shape index (κ2) is 7.18. The van der Waals surface area contributed by atoms with E-state index in [0.717, 1.165) is 12.0 Å². The predicted molar refractivity (Wildman–Crippen MR) is 95.8 cm³/mol. The van der Waals surface area contributed by atoms with Crippen molar-refractivity contribution in [2.24, 2.45) is 5.92 Å². The van der Waals surface area contributed by atoms with Gasteiger partial charge in [0.05, 0.1) is 0 Å². The Hall–Kier alpha value is -2.14. The average molecular weight is 342 g/mol. The molecular weight excluding hydrogens is 320 g/mol. The molecule has 3 atom stereocenters. The standard InChI is InChI=1S/C19H22N2O2S/c1-12-8-9-24-17(12)15-10-16(15)19(23)21-13(2)18(22)20-11-14-6-4-3-5-7-14/h3-9,13,15-16H,10-11H2,1-2H3,(H,20,22)(H,21,23)/t13-,15+,16+/m0/s1. The summed E-state index contributed by atoms with van der Waals surface area (Å²) in [5.74, 6) is 0.156. The van der Waals surface area contributed by atoms with Crippen molar-refractivity contribution in [1.82, 2.24) is 10.6 Å². The summed E-state index contributed by atoms with van der Waals surface area (Å²) in [5, 5.41) is 7.77. The summed E-state index contributed by atoms with van der Waals surface area (Å²) in [6.45, 7) is 4.28. The van der Waals surface area contributed by atoms with E-state index in [1.54, 1.807) is 18.3 Å². The van der Waals surface area contributed by atoms with Crippen LogP contribution in [-0.4, -0.2) is 17.9 Å². The van der Waals surface area contributed by atoms with E-state index in [4.69, 9.17) is 0 Å². The van der Waals surface area contributed by atoms with Crippen LogP contribution < -0.4 is 10.6 Å². The molecule has 24 heavy (non-hydrogen) atoms. The fourth-order valence-corrected chi connectivity index (χ4v) is 3.97. The first-order valence-electron chi connectivity index (χ1n) is 8.22. The van der Waals surface area contributed by atoms with Crippen molar-refractivity contribution in [1.29, 1.82) is 0 Å². The van der Waals surface area contributed by atoms with Crippen LogP contribution in [0.15, 0.2) is 41.8 Å². The van der Waals surface area contributed by atoms with Gasteiger partial charge in [0.1, 0.15) is 6.04 Å². The van der Waals surface area contributed by atoms with Gasteiger partial charge in [0.25, 0.3) is 0 Å². The molecule has 0 spiro atoms. The van der Waals surface area contributed by atoms with Gasteiger partial charge in [0, 0.05) is 23.3 Å². The van der Waals surface area contributed by atoms with Crippen LogP contribution in [0.3, 0.4) is 0 Å². The third-order valence-electron chi connectivity index (χ3n) is 4.43. The van der Waals surface area contributed by atoms with Gasteiger partial charge in [-0.15, -0.1) is 11.3 Å². The molecule has 0 radical (unpaired) electrons. The maximum Gasteiger partial charge on any atom is 0.242 e. The Morgan fingerprint density at radius 1 is 1.25 bits per heavy atom. The number of hydrogen-bond acceptors (Lipinski definition) is 3. The van der Waals surface area contributed by atoms with Crippen LogP contribution in [0, 0.1) is 12.8 Å². The van der Waals surface area contributed by atoms with Crippen LogP contribution in [0.1, 0.15) is 35.3 Å². The van der Waals surface area contributed by atoms with E-state index in [0.29, 0.717) is 12.5 Å². The van der Waals surface area contributed by atoms with E-state index >= 15 is 0 Å². The summed E-state index contributed by atoms with van der Waals surface area (Å²) in [5.41, 5.74) is 2.30. The van der Waals surface area contributed by atoms with Crippen LogP contribution in [0.5, 0.6) is 0 Å². The Morgan fingerprint density at radius 2 is 2.00 bits per heavy atom. The lowest BCUT2D eigenvalue weighted by Gasteiger charge is -2.14. The van der Waals surface area contributed by atoms with E-state index in [-0.39, 0.29) is 17.7 Å². The molecule has 2 aromatic rings. The fraction of sp³-hybridized carbons (Fsp3) is 0.368. The number of benzene rings is 1. The number of carbonyl (C=O) groups is 2. The first-order chi connectivity index (χ1) is 11.6. The van der Waals surface area contributed by atoms with Gasteiger partial charge >= 0.3 is 0 Å². The van der Waals surface area contributed by atoms with Gasteiger partial charge in [0.15, 0.2) is 0 Å². The Kier molecular flexibility index (Phi) is 5.00. The number of rotatable bonds is 6. The lowest BCUT2D eigenvalue weighted by Crippen LogP contribution is -2.45. The molecule has 2 N–H and O–H groups in total. The van der Waals surface area contributed by atoms with Crippen LogP contribution in [-0.2, 0) is 16.1 Å². The van der Waals surface area contributed by atoms with E-state index in [1.807, 2.05) is 30.3 Å². The minimum atomic E-state index is -0.521. The monoisotopic (exact) mass is 342 g/mol. The second-order valence-electron chi connectivity index (χ2n) is 6.35. The molecule has 0 saturated heterocycles. The molecule has 1 aromatic carbocycles. The third-order valence-corrected chi connectivity index (χ3v) is 5.58. The largest absolute Gasteiger partial charge is 0.350 e. The number of carbonyl (C=O) groups excluding carboxylic acids is 2. The Morgan fingerprint density at radius 3 is 2.67 bits per heavy atom. The first kappa shape index (κ1) is 16.7. The van der Waals surface area contributed by atoms with Crippen LogP contribution in [0.2, 0.25) is 0 Å². The van der Waals surface area contributed by atoms with Crippen LogP contribution in [0.25, 0.3) is 0 Å². The smallest absolute Gasteiger partial charge is 0.242 e. The van der Waals surface area contributed by atoms with Gasteiger partial charge < -0.3 is 10.6 Å². The molecule has 2 amide bonds. The zero-order valence-corrected chi connectivity index (χ0v) is 14.7. The molecule has 1 aromatic heterocycles. The van der Waals surface area contributed by atoms with Crippen molar-refractivity contribution >= 4 is 23.2 Å². The summed E-state index contributed by atoms with van der Waals surface area (Å²) in [7, 11) is 0. The topological polar surface area (TPSA) is 58.2 Å². The van der Waals surface area contributed by atoms with Crippen molar-refractivity contribution in [2.75, 3.05) is 0 Å². The Balaban J connectivity index is 1.46. The molecule has 1 fully saturated rings. The zero-order chi connectivity index (χ0) is 17.1. The molecule has 5 heteroatoms. The van der Waals surface area contributed by atoms with Crippen molar-refractivity contribution in [2.45, 2.75) is 38.8 Å². The van der Waals surface area contributed by atoms with E-state index in [2.05, 4.69) is 29.0 Å². The summed E-state index contributed by atoms with van der Waals surface area (Å²) < 4.78 is 0. The number of thiophene rings is 1. The number of nitrogens with one attached hydrogen (secondary N) is 2. The predicted octanol–water partition coefficient (Wildman–Crippen LogP) is 2.98. The van der Waals surface area contributed by atoms with Crippen molar-refractivity contribution < 1.29 is 9.59 Å². The van der Waals surface area contributed by atoms with Crippen molar-refractivity contribution in [3.63, 3.8) is 0 Å². The van der Waals surface area contributed by atoms with Gasteiger partial charge in [0.2, 0.25) is 11.8 Å². The minimum absolute atomic E-state index is 0.00623. The second-order valence-corrected chi connectivity index (χ2v) is 7.30. The molecule has 0 unspecified atom stereocenters. The third kappa shape index (κ3) is 3.85. The molecule has 1 aliphatic carbocycles. The highest BCUT2D eigenvalue weighted by Crippen LogP contribution is 2.50. The van der Waals surface area contributed by atoms with E-state index in [9.17, 15) is 9.59 Å². The summed E-state index contributed by atoms with van der Waals surface area (Å²) in [4.78, 5) is 25.8. The van der Waals surface area contributed by atoms with Gasteiger partial charge in [-0.1, -0.05) is 30.3 Å². The van der Waals surface area contributed by atoms with E-state index in [1.165, 1.54) is 10.4 Å². The van der Waals surface area contributed by atoms with Gasteiger partial charge in [-0.3, -0.25) is 9.59 Å². The van der Waals surface area contributed by atoms with Crippen LogP contribution in [0.4, 0.5) is 0 Å². The number of amides is 2. The lowest BCUT2D eigenvalue weighted by atomic mass is 10.2. The average Bonchev–Trinajstić information content (AvgIpc) is 3.27. The molecular formula is C19H22N2O2S. The summed E-state index contributed by atoms with van der Waals surface area (Å²) >= 11 is 1.71.